The Morgan fingerprint density at radius 3 is 3.10 bits per heavy atom. The lowest BCUT2D eigenvalue weighted by molar-refractivity contribution is 0.314. The summed E-state index contributed by atoms with van der Waals surface area (Å²) in [5, 5.41) is 13.3. The van der Waals surface area contributed by atoms with Crippen LogP contribution >= 0.6 is 0 Å². The van der Waals surface area contributed by atoms with E-state index in [1.807, 2.05) is 18.2 Å². The van der Waals surface area contributed by atoms with Gasteiger partial charge in [-0.1, -0.05) is 0 Å². The van der Waals surface area contributed by atoms with Gasteiger partial charge < -0.3 is 15.2 Å². The second-order valence-corrected chi connectivity index (χ2v) is 4.91. The highest BCUT2D eigenvalue weighted by Gasteiger charge is 2.25. The monoisotopic (exact) mass is 284 g/mol. The first kappa shape index (κ1) is 13.3. The maximum Gasteiger partial charge on any atom is 0.140 e. The van der Waals surface area contributed by atoms with Gasteiger partial charge in [0.1, 0.15) is 28.9 Å². The van der Waals surface area contributed by atoms with Gasteiger partial charge in [-0.15, -0.1) is 0 Å². The van der Waals surface area contributed by atoms with E-state index < -0.39 is 0 Å². The molecule has 21 heavy (non-hydrogen) atoms. The van der Waals surface area contributed by atoms with Gasteiger partial charge in [-0.3, -0.25) is 0 Å². The van der Waals surface area contributed by atoms with Gasteiger partial charge in [0, 0.05) is 5.56 Å². The number of hydrogen-bond acceptors (Lipinski definition) is 5. The third kappa shape index (κ3) is 2.27. The molecule has 2 N–H and O–H groups in total. The van der Waals surface area contributed by atoms with Crippen LogP contribution in [0.25, 0.3) is 0 Å². The molecule has 1 aromatic carbocycles. The molecule has 0 saturated heterocycles. The molecule has 0 fully saturated rings. The molecule has 0 radical (unpaired) electrons. The number of nitrogens with zero attached hydrogens (tertiary/aromatic N) is 3. The largest absolute Gasteiger partial charge is 0.497 e. The fraction of sp³-hybridized carbons (Fsp3) is 0.333. The van der Waals surface area contributed by atoms with E-state index in [1.54, 1.807) is 11.8 Å². The van der Waals surface area contributed by atoms with Crippen LogP contribution in [0.5, 0.6) is 11.5 Å². The van der Waals surface area contributed by atoms with Crippen molar-refractivity contribution in [3.8, 4) is 17.6 Å². The number of nitriles is 1. The van der Waals surface area contributed by atoms with Crippen LogP contribution in [0.2, 0.25) is 0 Å². The molecule has 1 unspecified atom stereocenters. The lowest BCUT2D eigenvalue weighted by Crippen LogP contribution is -2.14. The highest BCUT2D eigenvalue weighted by molar-refractivity contribution is 5.50. The molecule has 3 rings (SSSR count). The summed E-state index contributed by atoms with van der Waals surface area (Å²) in [5.74, 6) is 1.96. The zero-order chi connectivity index (χ0) is 14.8. The van der Waals surface area contributed by atoms with E-state index in [0.29, 0.717) is 18.0 Å². The first-order valence-electron chi connectivity index (χ1n) is 6.78. The van der Waals surface area contributed by atoms with Crippen molar-refractivity contribution in [1.29, 1.82) is 5.26 Å². The lowest BCUT2D eigenvalue weighted by atomic mass is 10.0. The van der Waals surface area contributed by atoms with Gasteiger partial charge >= 0.3 is 0 Å². The maximum absolute atomic E-state index is 9.04. The summed E-state index contributed by atoms with van der Waals surface area (Å²) < 4.78 is 12.8. The quantitative estimate of drug-likeness (QED) is 0.912. The van der Waals surface area contributed by atoms with Crippen molar-refractivity contribution in [1.82, 2.24) is 9.78 Å². The summed E-state index contributed by atoms with van der Waals surface area (Å²) in [6.07, 6.45) is 3.24. The Balaban J connectivity index is 2.11. The number of fused-ring (bicyclic) bond motifs is 1. The SMILES string of the molecule is COc1ccc2c(c1)C(n1ncc(C#N)c1N)CCCO2. The first-order valence-corrected chi connectivity index (χ1v) is 6.78. The number of anilines is 1. The molecular formula is C15H16N4O2. The molecule has 1 aromatic heterocycles. The second kappa shape index (κ2) is 5.37. The average molecular weight is 284 g/mol. The molecule has 1 atom stereocenters. The van der Waals surface area contributed by atoms with Crippen molar-refractivity contribution in [2.24, 2.45) is 0 Å². The van der Waals surface area contributed by atoms with Crippen LogP contribution < -0.4 is 15.2 Å². The van der Waals surface area contributed by atoms with Crippen molar-refractivity contribution >= 4 is 5.82 Å². The summed E-state index contributed by atoms with van der Waals surface area (Å²) in [5.41, 5.74) is 7.40. The fourth-order valence-corrected chi connectivity index (χ4v) is 2.62. The third-order valence-electron chi connectivity index (χ3n) is 3.71. The van der Waals surface area contributed by atoms with Crippen LogP contribution in [-0.4, -0.2) is 23.5 Å². The van der Waals surface area contributed by atoms with E-state index >= 15 is 0 Å². The normalized spacial score (nSPS) is 17.2. The number of benzene rings is 1. The number of ether oxygens (including phenoxy) is 2. The number of rotatable bonds is 2. The highest BCUT2D eigenvalue weighted by Crippen LogP contribution is 2.37. The zero-order valence-electron chi connectivity index (χ0n) is 11.7. The summed E-state index contributed by atoms with van der Waals surface area (Å²) in [6.45, 7) is 0.655. The van der Waals surface area contributed by atoms with Gasteiger partial charge in [0.25, 0.3) is 0 Å². The van der Waals surface area contributed by atoms with E-state index in [1.165, 1.54) is 6.20 Å². The minimum Gasteiger partial charge on any atom is -0.497 e. The minimum absolute atomic E-state index is 0.0558. The third-order valence-corrected chi connectivity index (χ3v) is 3.71. The zero-order valence-corrected chi connectivity index (χ0v) is 11.7. The van der Waals surface area contributed by atoms with Gasteiger partial charge in [-0.05, 0) is 31.0 Å². The van der Waals surface area contributed by atoms with E-state index in [9.17, 15) is 0 Å². The Kier molecular flexibility index (Phi) is 3.40. The van der Waals surface area contributed by atoms with Crippen molar-refractivity contribution in [2.45, 2.75) is 18.9 Å². The molecular weight excluding hydrogens is 268 g/mol. The van der Waals surface area contributed by atoms with Crippen LogP contribution in [0, 0.1) is 11.3 Å². The molecule has 1 aliphatic heterocycles. The van der Waals surface area contributed by atoms with Gasteiger partial charge in [0.2, 0.25) is 0 Å². The number of nitrogens with two attached hydrogens (primary N) is 1. The topological polar surface area (TPSA) is 86.1 Å². The van der Waals surface area contributed by atoms with Gasteiger partial charge in [0.05, 0.1) is 26.0 Å². The second-order valence-electron chi connectivity index (χ2n) is 4.91. The molecule has 0 aliphatic carbocycles. The minimum atomic E-state index is -0.0558. The van der Waals surface area contributed by atoms with E-state index in [2.05, 4.69) is 11.2 Å². The molecule has 108 valence electrons. The van der Waals surface area contributed by atoms with Crippen molar-refractivity contribution < 1.29 is 9.47 Å². The van der Waals surface area contributed by atoms with Crippen molar-refractivity contribution in [2.75, 3.05) is 19.5 Å². The standard InChI is InChI=1S/C15H16N4O2/c1-20-11-4-5-14-12(7-11)13(3-2-6-21-14)19-15(17)10(8-16)9-18-19/h4-5,7,9,13H,2-3,6,17H2,1H3. The van der Waals surface area contributed by atoms with Crippen LogP contribution in [-0.2, 0) is 0 Å². The Morgan fingerprint density at radius 2 is 2.38 bits per heavy atom. The molecule has 0 saturated carbocycles. The van der Waals surface area contributed by atoms with Crippen LogP contribution in [0.15, 0.2) is 24.4 Å². The smallest absolute Gasteiger partial charge is 0.140 e. The van der Waals surface area contributed by atoms with Crippen LogP contribution in [0.4, 0.5) is 5.82 Å². The predicted octanol–water partition coefficient (Wildman–Crippen LogP) is 2.11. The summed E-state index contributed by atoms with van der Waals surface area (Å²) >= 11 is 0. The molecule has 6 nitrogen and oxygen atoms in total. The predicted molar refractivity (Wildman–Crippen MR) is 77.2 cm³/mol. The van der Waals surface area contributed by atoms with Crippen LogP contribution in [0.1, 0.15) is 30.0 Å². The molecule has 0 spiro atoms. The molecule has 1 aliphatic rings. The van der Waals surface area contributed by atoms with E-state index in [4.69, 9.17) is 20.5 Å². The van der Waals surface area contributed by atoms with Crippen molar-refractivity contribution in [3.63, 3.8) is 0 Å². The van der Waals surface area contributed by atoms with Gasteiger partial charge in [-0.25, -0.2) is 4.68 Å². The average Bonchev–Trinajstić information content (AvgIpc) is 2.76. The maximum atomic E-state index is 9.04. The summed E-state index contributed by atoms with van der Waals surface area (Å²) in [4.78, 5) is 0. The highest BCUT2D eigenvalue weighted by atomic mass is 16.5. The Labute approximate surface area is 122 Å². The Bertz CT molecular complexity index is 702. The van der Waals surface area contributed by atoms with Crippen LogP contribution in [0.3, 0.4) is 0 Å². The fourth-order valence-electron chi connectivity index (χ4n) is 2.62. The Hall–Kier alpha value is -2.68. The Morgan fingerprint density at radius 1 is 1.52 bits per heavy atom. The number of methoxy groups -OCH3 is 1. The molecule has 2 aromatic rings. The number of aromatic nitrogens is 2. The van der Waals surface area contributed by atoms with E-state index in [-0.39, 0.29) is 6.04 Å². The van der Waals surface area contributed by atoms with Gasteiger partial charge in [-0.2, -0.15) is 10.4 Å². The molecule has 0 amide bonds. The summed E-state index contributed by atoms with van der Waals surface area (Å²) in [7, 11) is 1.63. The molecule has 2 heterocycles. The first-order chi connectivity index (χ1) is 10.2. The number of hydrogen-bond donors (Lipinski definition) is 1. The van der Waals surface area contributed by atoms with Crippen molar-refractivity contribution in [3.05, 3.63) is 35.5 Å². The summed E-state index contributed by atoms with van der Waals surface area (Å²) in [6, 6.07) is 7.71. The lowest BCUT2D eigenvalue weighted by Gasteiger charge is -2.19. The molecule has 0 bridgehead atoms. The van der Waals surface area contributed by atoms with E-state index in [0.717, 1.165) is 29.9 Å². The molecule has 6 heteroatoms. The van der Waals surface area contributed by atoms with Gasteiger partial charge in [0.15, 0.2) is 0 Å². The number of nitrogen functional groups attached to an aromatic ring is 1.